The van der Waals surface area contributed by atoms with E-state index in [1.54, 1.807) is 0 Å². The number of sulfonamides is 1. The molecule has 0 unspecified atom stereocenters. The van der Waals surface area contributed by atoms with Crippen LogP contribution in [-0.2, 0) is 32.6 Å². The normalized spacial score (nSPS) is 12.2. The molecule has 0 aliphatic rings. The van der Waals surface area contributed by atoms with E-state index < -0.39 is 27.7 Å². The Balaban J connectivity index is 1.88. The zero-order chi connectivity index (χ0) is 30.2. The highest BCUT2D eigenvalue weighted by Gasteiger charge is 2.31. The number of rotatable bonds is 13. The third-order valence-electron chi connectivity index (χ3n) is 6.31. The molecule has 7 nitrogen and oxygen atoms in total. The smallest absolute Gasteiger partial charge is 0.243 e. The van der Waals surface area contributed by atoms with Crippen LogP contribution in [0.15, 0.2) is 77.3 Å². The predicted octanol–water partition coefficient (Wildman–Crippen LogP) is 5.44. The first-order valence-electron chi connectivity index (χ1n) is 13.2. The summed E-state index contributed by atoms with van der Waals surface area (Å²) in [6.45, 7) is 3.71. The van der Waals surface area contributed by atoms with Gasteiger partial charge in [-0.15, -0.1) is 0 Å². The maximum atomic E-state index is 13.9. The Morgan fingerprint density at radius 1 is 0.927 bits per heavy atom. The van der Waals surface area contributed by atoms with E-state index in [-0.39, 0.29) is 55.9 Å². The second-order valence-electron chi connectivity index (χ2n) is 10.1. The number of carbonyl (C=O) groups excluding carboxylic acids is 2. The number of carbonyl (C=O) groups is 2. The first-order chi connectivity index (χ1) is 19.3. The summed E-state index contributed by atoms with van der Waals surface area (Å²) in [6, 6.07) is 18.7. The number of halogens is 3. The van der Waals surface area contributed by atoms with Gasteiger partial charge in [0, 0.05) is 42.5 Å². The SMILES string of the molecule is CC(C)NC(=O)[C@@H](Cc1ccccc1)N(Cc1ccc(Br)cc1)C(=O)CCCN(c1ccc(F)c(F)c1)S(C)(=O)=O. The number of amides is 2. The Morgan fingerprint density at radius 2 is 1.59 bits per heavy atom. The molecule has 1 N–H and O–H groups in total. The summed E-state index contributed by atoms with van der Waals surface area (Å²) in [4.78, 5) is 28.7. The largest absolute Gasteiger partial charge is 0.352 e. The van der Waals surface area contributed by atoms with Crippen molar-refractivity contribution in [3.8, 4) is 0 Å². The van der Waals surface area contributed by atoms with Crippen LogP contribution in [0.4, 0.5) is 14.5 Å². The van der Waals surface area contributed by atoms with Gasteiger partial charge in [0.2, 0.25) is 21.8 Å². The third kappa shape index (κ3) is 9.64. The van der Waals surface area contributed by atoms with Crippen LogP contribution in [0.2, 0.25) is 0 Å². The first kappa shape index (κ1) is 32.2. The van der Waals surface area contributed by atoms with Gasteiger partial charge in [-0.05, 0) is 55.7 Å². The molecule has 0 aliphatic heterocycles. The van der Waals surface area contributed by atoms with Crippen molar-refractivity contribution in [2.24, 2.45) is 0 Å². The quantitative estimate of drug-likeness (QED) is 0.267. The predicted molar refractivity (Wildman–Crippen MR) is 160 cm³/mol. The number of hydrogen-bond donors (Lipinski definition) is 1. The van der Waals surface area contributed by atoms with E-state index >= 15 is 0 Å². The summed E-state index contributed by atoms with van der Waals surface area (Å²) in [7, 11) is -3.85. The van der Waals surface area contributed by atoms with Crippen LogP contribution in [0.25, 0.3) is 0 Å². The Kier molecular flexibility index (Phi) is 11.4. The maximum Gasteiger partial charge on any atom is 0.243 e. The highest BCUT2D eigenvalue weighted by Crippen LogP contribution is 2.22. The van der Waals surface area contributed by atoms with E-state index in [1.165, 1.54) is 11.0 Å². The summed E-state index contributed by atoms with van der Waals surface area (Å²) in [5, 5.41) is 2.92. The fourth-order valence-electron chi connectivity index (χ4n) is 4.37. The molecule has 220 valence electrons. The second-order valence-corrected chi connectivity index (χ2v) is 12.9. The van der Waals surface area contributed by atoms with Crippen molar-refractivity contribution in [1.82, 2.24) is 10.2 Å². The Bertz CT molecular complexity index is 1440. The highest BCUT2D eigenvalue weighted by molar-refractivity contribution is 9.10. The van der Waals surface area contributed by atoms with Crippen molar-refractivity contribution >= 4 is 43.5 Å². The van der Waals surface area contributed by atoms with Crippen molar-refractivity contribution in [2.45, 2.75) is 51.7 Å². The fraction of sp³-hybridized carbons (Fsp3) is 0.333. The molecule has 0 fully saturated rings. The number of nitrogens with zero attached hydrogens (tertiary/aromatic N) is 2. The number of nitrogens with one attached hydrogen (secondary N) is 1. The summed E-state index contributed by atoms with van der Waals surface area (Å²) in [6.07, 6.45) is 1.26. The van der Waals surface area contributed by atoms with Crippen LogP contribution >= 0.6 is 15.9 Å². The molecular formula is C30H34BrF2N3O4S. The molecule has 2 amide bonds. The van der Waals surface area contributed by atoms with Crippen molar-refractivity contribution in [3.05, 3.63) is 100 Å². The van der Waals surface area contributed by atoms with Crippen molar-refractivity contribution in [1.29, 1.82) is 0 Å². The third-order valence-corrected chi connectivity index (χ3v) is 8.03. The van der Waals surface area contributed by atoms with Crippen molar-refractivity contribution in [2.75, 3.05) is 17.1 Å². The fourth-order valence-corrected chi connectivity index (χ4v) is 5.59. The molecule has 0 bridgehead atoms. The molecule has 1 atom stereocenters. The zero-order valence-corrected chi connectivity index (χ0v) is 25.6. The molecule has 3 aromatic carbocycles. The van der Waals surface area contributed by atoms with Gasteiger partial charge in [0.05, 0.1) is 11.9 Å². The van der Waals surface area contributed by atoms with E-state index in [1.807, 2.05) is 68.4 Å². The monoisotopic (exact) mass is 649 g/mol. The minimum Gasteiger partial charge on any atom is -0.352 e. The Hall–Kier alpha value is -3.31. The van der Waals surface area contributed by atoms with Gasteiger partial charge in [-0.2, -0.15) is 0 Å². The van der Waals surface area contributed by atoms with E-state index in [4.69, 9.17) is 0 Å². The van der Waals surface area contributed by atoms with Crippen LogP contribution in [0.5, 0.6) is 0 Å². The van der Waals surface area contributed by atoms with Crippen LogP contribution in [-0.4, -0.2) is 50.0 Å². The summed E-state index contributed by atoms with van der Waals surface area (Å²) in [5.41, 5.74) is 1.66. The standard InChI is InChI=1S/C30H34BrF2N3O4S/c1-21(2)34-30(38)28(18-22-8-5-4-6-9-22)35(20-23-11-13-24(31)14-12-23)29(37)10-7-17-36(41(3,39)40)25-15-16-26(32)27(33)19-25/h4-6,8-9,11-16,19,21,28H,7,10,17-18,20H2,1-3H3,(H,34,38)/t28-/m1/s1. The summed E-state index contributed by atoms with van der Waals surface area (Å²) >= 11 is 3.41. The molecule has 0 saturated carbocycles. The minimum atomic E-state index is -3.85. The summed E-state index contributed by atoms with van der Waals surface area (Å²) in [5.74, 6) is -2.90. The first-order valence-corrected chi connectivity index (χ1v) is 15.8. The average Bonchev–Trinajstić information content (AvgIpc) is 2.90. The van der Waals surface area contributed by atoms with Gasteiger partial charge in [0.25, 0.3) is 0 Å². The van der Waals surface area contributed by atoms with Gasteiger partial charge in [-0.3, -0.25) is 13.9 Å². The van der Waals surface area contributed by atoms with Gasteiger partial charge >= 0.3 is 0 Å². The van der Waals surface area contributed by atoms with Gasteiger partial charge in [-0.1, -0.05) is 58.4 Å². The molecule has 0 heterocycles. The summed E-state index contributed by atoms with van der Waals surface area (Å²) < 4.78 is 54.1. The number of benzene rings is 3. The molecule has 0 saturated heterocycles. The van der Waals surface area contributed by atoms with Crippen LogP contribution in [0.3, 0.4) is 0 Å². The Morgan fingerprint density at radius 3 is 2.17 bits per heavy atom. The molecule has 11 heteroatoms. The molecule has 3 rings (SSSR count). The van der Waals surface area contributed by atoms with E-state index in [0.29, 0.717) is 0 Å². The molecule has 0 aliphatic carbocycles. The zero-order valence-electron chi connectivity index (χ0n) is 23.2. The lowest BCUT2D eigenvalue weighted by molar-refractivity contribution is -0.141. The Labute approximate surface area is 248 Å². The minimum absolute atomic E-state index is 0.0381. The molecule has 0 aromatic heterocycles. The van der Waals surface area contributed by atoms with Crippen molar-refractivity contribution < 1.29 is 26.8 Å². The molecule has 3 aromatic rings. The van der Waals surface area contributed by atoms with E-state index in [2.05, 4.69) is 21.2 Å². The molecular weight excluding hydrogens is 616 g/mol. The van der Waals surface area contributed by atoms with Gasteiger partial charge in [0.15, 0.2) is 11.6 Å². The van der Waals surface area contributed by atoms with Crippen LogP contribution < -0.4 is 9.62 Å². The van der Waals surface area contributed by atoms with E-state index in [0.717, 1.165) is 38.3 Å². The average molecular weight is 651 g/mol. The number of anilines is 1. The van der Waals surface area contributed by atoms with E-state index in [9.17, 15) is 26.8 Å². The lowest BCUT2D eigenvalue weighted by Gasteiger charge is -2.32. The topological polar surface area (TPSA) is 86.8 Å². The van der Waals surface area contributed by atoms with Gasteiger partial charge in [-0.25, -0.2) is 17.2 Å². The van der Waals surface area contributed by atoms with Crippen molar-refractivity contribution in [3.63, 3.8) is 0 Å². The second kappa shape index (κ2) is 14.5. The lowest BCUT2D eigenvalue weighted by Crippen LogP contribution is -2.51. The molecule has 41 heavy (non-hydrogen) atoms. The molecule has 0 spiro atoms. The van der Waals surface area contributed by atoms with Gasteiger partial charge < -0.3 is 10.2 Å². The van der Waals surface area contributed by atoms with Gasteiger partial charge in [0.1, 0.15) is 6.04 Å². The van der Waals surface area contributed by atoms with Crippen LogP contribution in [0.1, 0.15) is 37.8 Å². The number of hydrogen-bond acceptors (Lipinski definition) is 4. The highest BCUT2D eigenvalue weighted by atomic mass is 79.9. The van der Waals surface area contributed by atoms with Crippen LogP contribution in [0, 0.1) is 11.6 Å². The maximum absolute atomic E-state index is 13.9. The lowest BCUT2D eigenvalue weighted by atomic mass is 10.0. The molecule has 0 radical (unpaired) electrons.